The Labute approximate surface area is 119 Å². The Kier molecular flexibility index (Phi) is 3.89. The predicted molar refractivity (Wildman–Crippen MR) is 76.6 cm³/mol. The van der Waals surface area contributed by atoms with E-state index in [0.717, 1.165) is 51.0 Å². The van der Waals surface area contributed by atoms with Gasteiger partial charge in [-0.05, 0) is 57.7 Å². The van der Waals surface area contributed by atoms with E-state index < -0.39 is 0 Å². The molecule has 110 valence electrons. The van der Waals surface area contributed by atoms with Crippen molar-refractivity contribution < 1.29 is 5.11 Å². The van der Waals surface area contributed by atoms with Gasteiger partial charge in [-0.15, -0.1) is 0 Å². The van der Waals surface area contributed by atoms with E-state index in [4.69, 9.17) is 0 Å². The third kappa shape index (κ3) is 2.79. The lowest BCUT2D eigenvalue weighted by atomic mass is 9.85. The van der Waals surface area contributed by atoms with Gasteiger partial charge in [0.25, 0.3) is 5.56 Å². The fourth-order valence-electron chi connectivity index (χ4n) is 3.28. The van der Waals surface area contributed by atoms with Crippen LogP contribution in [0.5, 0.6) is 0 Å². The Morgan fingerprint density at radius 1 is 1.25 bits per heavy atom. The van der Waals surface area contributed by atoms with E-state index in [9.17, 15) is 9.90 Å². The molecule has 5 nitrogen and oxygen atoms in total. The highest BCUT2D eigenvalue weighted by Crippen LogP contribution is 2.29. The van der Waals surface area contributed by atoms with E-state index in [1.54, 1.807) is 16.8 Å². The Balaban J connectivity index is 1.56. The highest BCUT2D eigenvalue weighted by molar-refractivity contribution is 4.97. The highest BCUT2D eigenvalue weighted by Gasteiger charge is 2.35. The van der Waals surface area contributed by atoms with Gasteiger partial charge >= 0.3 is 0 Å². The SMILES string of the molecule is Cc1ccc(=O)n(CC2CCN(C3CCC3O)CC2)n1. The number of aliphatic hydroxyl groups excluding tert-OH is 1. The Morgan fingerprint density at radius 2 is 2.00 bits per heavy atom. The molecule has 1 N–H and O–H groups in total. The topological polar surface area (TPSA) is 58.4 Å². The minimum Gasteiger partial charge on any atom is -0.391 e. The van der Waals surface area contributed by atoms with Crippen LogP contribution in [0.1, 0.15) is 31.4 Å². The zero-order valence-corrected chi connectivity index (χ0v) is 12.0. The van der Waals surface area contributed by atoms with Crippen molar-refractivity contribution >= 4 is 0 Å². The Morgan fingerprint density at radius 3 is 2.60 bits per heavy atom. The van der Waals surface area contributed by atoms with Crippen LogP contribution in [0.3, 0.4) is 0 Å². The monoisotopic (exact) mass is 277 g/mol. The van der Waals surface area contributed by atoms with Crippen molar-refractivity contribution in [3.05, 3.63) is 28.2 Å². The number of piperidine rings is 1. The lowest BCUT2D eigenvalue weighted by Crippen LogP contribution is -2.53. The average Bonchev–Trinajstić information content (AvgIpc) is 2.43. The number of rotatable bonds is 3. The zero-order chi connectivity index (χ0) is 14.1. The van der Waals surface area contributed by atoms with Crippen molar-refractivity contribution in [2.75, 3.05) is 13.1 Å². The molecule has 3 rings (SSSR count). The molecule has 1 saturated carbocycles. The van der Waals surface area contributed by atoms with Gasteiger partial charge in [0, 0.05) is 18.7 Å². The zero-order valence-electron chi connectivity index (χ0n) is 12.0. The summed E-state index contributed by atoms with van der Waals surface area (Å²) >= 11 is 0. The largest absolute Gasteiger partial charge is 0.391 e. The standard InChI is InChI=1S/C15H23N3O2/c1-11-2-5-15(20)18(16-11)10-12-6-8-17(9-7-12)13-3-4-14(13)19/h2,5,12-14,19H,3-4,6-10H2,1H3. The van der Waals surface area contributed by atoms with Crippen molar-refractivity contribution in [2.24, 2.45) is 5.92 Å². The average molecular weight is 277 g/mol. The first kappa shape index (κ1) is 13.8. The molecule has 2 heterocycles. The van der Waals surface area contributed by atoms with Gasteiger partial charge in [0.15, 0.2) is 0 Å². The first-order valence-electron chi connectivity index (χ1n) is 7.60. The van der Waals surface area contributed by atoms with Crippen LogP contribution in [0.25, 0.3) is 0 Å². The number of aryl methyl sites for hydroxylation is 1. The maximum Gasteiger partial charge on any atom is 0.266 e. The first-order chi connectivity index (χ1) is 9.63. The maximum atomic E-state index is 11.8. The molecule has 5 heteroatoms. The molecule has 0 aromatic carbocycles. The number of aliphatic hydroxyl groups is 1. The van der Waals surface area contributed by atoms with Crippen LogP contribution < -0.4 is 5.56 Å². The van der Waals surface area contributed by atoms with Crippen molar-refractivity contribution in [1.82, 2.24) is 14.7 Å². The summed E-state index contributed by atoms with van der Waals surface area (Å²) in [6, 6.07) is 3.75. The number of aromatic nitrogens is 2. The van der Waals surface area contributed by atoms with Crippen LogP contribution in [0.2, 0.25) is 0 Å². The molecule has 1 aromatic heterocycles. The van der Waals surface area contributed by atoms with E-state index in [1.165, 1.54) is 0 Å². The summed E-state index contributed by atoms with van der Waals surface area (Å²) in [4.78, 5) is 14.2. The van der Waals surface area contributed by atoms with Gasteiger partial charge in [0.1, 0.15) is 0 Å². The summed E-state index contributed by atoms with van der Waals surface area (Å²) in [5.74, 6) is 0.524. The van der Waals surface area contributed by atoms with Gasteiger partial charge < -0.3 is 5.11 Å². The minimum atomic E-state index is -0.118. The second kappa shape index (κ2) is 5.66. The molecular weight excluding hydrogens is 254 g/mol. The molecule has 2 fully saturated rings. The van der Waals surface area contributed by atoms with E-state index in [0.29, 0.717) is 12.0 Å². The lowest BCUT2D eigenvalue weighted by Gasteiger charge is -2.44. The highest BCUT2D eigenvalue weighted by atomic mass is 16.3. The van der Waals surface area contributed by atoms with E-state index in [-0.39, 0.29) is 11.7 Å². The first-order valence-corrected chi connectivity index (χ1v) is 7.60. The molecule has 2 unspecified atom stereocenters. The van der Waals surface area contributed by atoms with Crippen LogP contribution in [0.15, 0.2) is 16.9 Å². The maximum absolute atomic E-state index is 11.8. The smallest absolute Gasteiger partial charge is 0.266 e. The Hall–Kier alpha value is -1.20. The van der Waals surface area contributed by atoms with Crippen LogP contribution in [-0.2, 0) is 6.54 Å². The van der Waals surface area contributed by atoms with Gasteiger partial charge in [-0.2, -0.15) is 5.10 Å². The van der Waals surface area contributed by atoms with Gasteiger partial charge in [0.2, 0.25) is 0 Å². The van der Waals surface area contributed by atoms with Gasteiger partial charge in [0.05, 0.1) is 11.8 Å². The van der Waals surface area contributed by atoms with Crippen molar-refractivity contribution in [3.8, 4) is 0 Å². The number of hydrogen-bond acceptors (Lipinski definition) is 4. The predicted octanol–water partition coefficient (Wildman–Crippen LogP) is 0.787. The number of nitrogens with zero attached hydrogens (tertiary/aromatic N) is 3. The molecule has 0 radical (unpaired) electrons. The Bertz CT molecular complexity index is 520. The summed E-state index contributed by atoms with van der Waals surface area (Å²) < 4.78 is 1.61. The second-order valence-electron chi connectivity index (χ2n) is 6.19. The van der Waals surface area contributed by atoms with Crippen molar-refractivity contribution in [2.45, 2.75) is 51.3 Å². The third-order valence-corrected chi connectivity index (χ3v) is 4.75. The van der Waals surface area contributed by atoms with E-state index in [2.05, 4.69) is 10.00 Å². The summed E-state index contributed by atoms with van der Waals surface area (Å²) in [5.41, 5.74) is 0.882. The molecule has 1 aromatic rings. The van der Waals surface area contributed by atoms with Crippen molar-refractivity contribution in [3.63, 3.8) is 0 Å². The van der Waals surface area contributed by atoms with Crippen LogP contribution in [0, 0.1) is 12.8 Å². The molecule has 20 heavy (non-hydrogen) atoms. The third-order valence-electron chi connectivity index (χ3n) is 4.75. The van der Waals surface area contributed by atoms with Gasteiger partial charge in [-0.25, -0.2) is 4.68 Å². The molecule has 1 aliphatic carbocycles. The van der Waals surface area contributed by atoms with Crippen LogP contribution in [0.4, 0.5) is 0 Å². The molecule has 0 bridgehead atoms. The van der Waals surface area contributed by atoms with Crippen molar-refractivity contribution in [1.29, 1.82) is 0 Å². The molecular formula is C15H23N3O2. The molecule has 0 spiro atoms. The molecule has 1 saturated heterocycles. The fraction of sp³-hybridized carbons (Fsp3) is 0.733. The summed E-state index contributed by atoms with van der Waals surface area (Å²) in [6.45, 7) is 4.71. The molecule has 1 aliphatic heterocycles. The number of hydrogen-bond donors (Lipinski definition) is 1. The fourth-order valence-corrected chi connectivity index (χ4v) is 3.28. The van der Waals surface area contributed by atoms with Crippen LogP contribution in [-0.4, -0.2) is 45.0 Å². The molecule has 0 amide bonds. The van der Waals surface area contributed by atoms with E-state index >= 15 is 0 Å². The normalized spacial score (nSPS) is 28.3. The van der Waals surface area contributed by atoms with Gasteiger partial charge in [-0.1, -0.05) is 0 Å². The molecule has 2 aliphatic rings. The second-order valence-corrected chi connectivity index (χ2v) is 6.19. The summed E-state index contributed by atoms with van der Waals surface area (Å²) in [7, 11) is 0. The minimum absolute atomic E-state index is 0.00700. The summed E-state index contributed by atoms with van der Waals surface area (Å²) in [5, 5.41) is 14.0. The molecule has 2 atom stereocenters. The van der Waals surface area contributed by atoms with Gasteiger partial charge in [-0.3, -0.25) is 9.69 Å². The lowest BCUT2D eigenvalue weighted by molar-refractivity contribution is -0.0348. The van der Waals surface area contributed by atoms with Crippen LogP contribution >= 0.6 is 0 Å². The quantitative estimate of drug-likeness (QED) is 0.887. The summed E-state index contributed by atoms with van der Waals surface area (Å²) in [6.07, 6.45) is 4.14. The number of likely N-dealkylation sites (tertiary alicyclic amines) is 1. The van der Waals surface area contributed by atoms with E-state index in [1.807, 2.05) is 6.92 Å².